The largest absolute Gasteiger partial charge is 0.497 e. The molecule has 0 fully saturated rings. The average Bonchev–Trinajstić information content (AvgIpc) is 2.91. The van der Waals surface area contributed by atoms with Gasteiger partial charge in [-0.1, -0.05) is 17.7 Å². The summed E-state index contributed by atoms with van der Waals surface area (Å²) in [7, 11) is 1.61. The van der Waals surface area contributed by atoms with Crippen molar-refractivity contribution in [3.05, 3.63) is 58.4 Å². The highest BCUT2D eigenvalue weighted by molar-refractivity contribution is 6.31. The summed E-state index contributed by atoms with van der Waals surface area (Å²) >= 11 is 6.36. The monoisotopic (exact) mass is 358 g/mol. The lowest BCUT2D eigenvalue weighted by Crippen LogP contribution is -2.06. The predicted octanol–water partition coefficient (Wildman–Crippen LogP) is 4.23. The van der Waals surface area contributed by atoms with Crippen molar-refractivity contribution < 1.29 is 14.3 Å². The maximum atomic E-state index is 12.0. The molecule has 130 valence electrons. The van der Waals surface area contributed by atoms with Gasteiger partial charge >= 0.3 is 5.97 Å². The van der Waals surface area contributed by atoms with Crippen LogP contribution in [0, 0.1) is 6.92 Å². The van der Waals surface area contributed by atoms with Gasteiger partial charge in [-0.05, 0) is 49.7 Å². The van der Waals surface area contributed by atoms with Gasteiger partial charge in [-0.25, -0.2) is 9.78 Å². The van der Waals surface area contributed by atoms with Crippen LogP contribution >= 0.6 is 11.6 Å². The first-order valence-electron chi connectivity index (χ1n) is 8.00. The first-order chi connectivity index (χ1) is 12.0. The summed E-state index contributed by atoms with van der Waals surface area (Å²) in [6, 6.07) is 11.0. The number of esters is 1. The number of hydrogen-bond acceptors (Lipinski definition) is 4. The molecule has 1 aromatic heterocycles. The molecule has 2 aromatic carbocycles. The summed E-state index contributed by atoms with van der Waals surface area (Å²) in [6.07, 6.45) is 0. The third-order valence-corrected chi connectivity index (χ3v) is 4.39. The minimum absolute atomic E-state index is 0.336. The first kappa shape index (κ1) is 17.3. The van der Waals surface area contributed by atoms with Crippen LogP contribution in [0.2, 0.25) is 5.02 Å². The van der Waals surface area contributed by atoms with E-state index in [-0.39, 0.29) is 5.97 Å². The zero-order chi connectivity index (χ0) is 18.0. The number of nitrogens with zero attached hydrogens (tertiary/aromatic N) is 2. The average molecular weight is 359 g/mol. The van der Waals surface area contributed by atoms with E-state index in [0.717, 1.165) is 22.4 Å². The van der Waals surface area contributed by atoms with Gasteiger partial charge in [0.1, 0.15) is 11.6 Å². The van der Waals surface area contributed by atoms with Crippen LogP contribution in [0.15, 0.2) is 36.4 Å². The maximum Gasteiger partial charge on any atom is 0.338 e. The van der Waals surface area contributed by atoms with E-state index in [0.29, 0.717) is 29.5 Å². The minimum Gasteiger partial charge on any atom is -0.497 e. The standard InChI is InChI=1S/C19H19ClN2O3/c1-4-25-19(23)13-6-8-17-18(9-13)22(12(2)21-17)11-14-5-7-15(24-3)10-16(14)20/h5-10H,4,11H2,1-3H3. The topological polar surface area (TPSA) is 53.3 Å². The SMILES string of the molecule is CCOC(=O)c1ccc2nc(C)n(Cc3ccc(OC)cc3Cl)c2c1. The van der Waals surface area contributed by atoms with Gasteiger partial charge in [0.2, 0.25) is 0 Å². The fourth-order valence-corrected chi connectivity index (χ4v) is 2.97. The lowest BCUT2D eigenvalue weighted by molar-refractivity contribution is 0.0526. The molecule has 3 rings (SSSR count). The molecule has 0 radical (unpaired) electrons. The quantitative estimate of drug-likeness (QED) is 0.640. The number of aromatic nitrogens is 2. The summed E-state index contributed by atoms with van der Waals surface area (Å²) in [5.74, 6) is 1.23. The van der Waals surface area contributed by atoms with Crippen molar-refractivity contribution in [3.63, 3.8) is 0 Å². The van der Waals surface area contributed by atoms with Gasteiger partial charge in [0, 0.05) is 5.02 Å². The van der Waals surface area contributed by atoms with Crippen LogP contribution in [0.3, 0.4) is 0 Å². The Kier molecular flexibility index (Phi) is 4.95. The molecule has 0 aliphatic rings. The van der Waals surface area contributed by atoms with Crippen molar-refractivity contribution in [1.29, 1.82) is 0 Å². The minimum atomic E-state index is -0.336. The number of hydrogen-bond donors (Lipinski definition) is 0. The highest BCUT2D eigenvalue weighted by atomic mass is 35.5. The number of imidazole rings is 1. The van der Waals surface area contributed by atoms with Crippen molar-refractivity contribution in [2.45, 2.75) is 20.4 Å². The molecule has 0 saturated carbocycles. The number of carbonyl (C=O) groups excluding carboxylic acids is 1. The summed E-state index contributed by atoms with van der Waals surface area (Å²) in [4.78, 5) is 16.6. The molecular weight excluding hydrogens is 340 g/mol. The highest BCUT2D eigenvalue weighted by Crippen LogP contribution is 2.26. The Morgan fingerprint density at radius 3 is 2.72 bits per heavy atom. The Labute approximate surface area is 151 Å². The molecule has 25 heavy (non-hydrogen) atoms. The lowest BCUT2D eigenvalue weighted by atomic mass is 10.2. The van der Waals surface area contributed by atoms with E-state index in [1.54, 1.807) is 26.2 Å². The van der Waals surface area contributed by atoms with E-state index in [1.165, 1.54) is 0 Å². The molecule has 0 saturated heterocycles. The first-order valence-corrected chi connectivity index (χ1v) is 8.37. The van der Waals surface area contributed by atoms with E-state index in [1.807, 2.05) is 35.8 Å². The third kappa shape index (κ3) is 3.46. The van der Waals surface area contributed by atoms with Gasteiger partial charge in [0.25, 0.3) is 0 Å². The van der Waals surface area contributed by atoms with Crippen LogP contribution in [0.5, 0.6) is 5.75 Å². The molecule has 1 heterocycles. The van der Waals surface area contributed by atoms with E-state index >= 15 is 0 Å². The smallest absolute Gasteiger partial charge is 0.338 e. The normalized spacial score (nSPS) is 10.9. The number of fused-ring (bicyclic) bond motifs is 1. The molecule has 0 amide bonds. The molecule has 0 unspecified atom stereocenters. The van der Waals surface area contributed by atoms with Crippen molar-refractivity contribution >= 4 is 28.6 Å². The Morgan fingerprint density at radius 2 is 2.04 bits per heavy atom. The third-order valence-electron chi connectivity index (χ3n) is 4.04. The van der Waals surface area contributed by atoms with Gasteiger partial charge in [-0.2, -0.15) is 0 Å². The maximum absolute atomic E-state index is 12.0. The molecule has 6 heteroatoms. The van der Waals surface area contributed by atoms with E-state index in [9.17, 15) is 4.79 Å². The van der Waals surface area contributed by atoms with Crippen molar-refractivity contribution in [2.24, 2.45) is 0 Å². The Hall–Kier alpha value is -2.53. The van der Waals surface area contributed by atoms with Crippen LogP contribution in [-0.2, 0) is 11.3 Å². The predicted molar refractivity (Wildman–Crippen MR) is 97.5 cm³/mol. The van der Waals surface area contributed by atoms with Crippen molar-refractivity contribution in [2.75, 3.05) is 13.7 Å². The second-order valence-electron chi connectivity index (χ2n) is 5.63. The van der Waals surface area contributed by atoms with E-state index in [4.69, 9.17) is 21.1 Å². The van der Waals surface area contributed by atoms with Crippen molar-refractivity contribution in [1.82, 2.24) is 9.55 Å². The molecule has 0 atom stereocenters. The molecule has 0 aliphatic heterocycles. The summed E-state index contributed by atoms with van der Waals surface area (Å²) in [6.45, 7) is 4.62. The van der Waals surface area contributed by atoms with Crippen LogP contribution < -0.4 is 4.74 Å². The Morgan fingerprint density at radius 1 is 1.24 bits per heavy atom. The van der Waals surface area contributed by atoms with Gasteiger partial charge in [0.05, 0.1) is 36.9 Å². The fourth-order valence-electron chi connectivity index (χ4n) is 2.74. The van der Waals surface area contributed by atoms with Gasteiger partial charge < -0.3 is 14.0 Å². The molecule has 0 N–H and O–H groups in total. The number of rotatable bonds is 5. The lowest BCUT2D eigenvalue weighted by Gasteiger charge is -2.10. The molecule has 0 spiro atoms. The van der Waals surface area contributed by atoms with Crippen LogP contribution in [0.4, 0.5) is 0 Å². The zero-order valence-electron chi connectivity index (χ0n) is 14.4. The van der Waals surface area contributed by atoms with E-state index in [2.05, 4.69) is 4.98 Å². The van der Waals surface area contributed by atoms with Gasteiger partial charge in [0.15, 0.2) is 0 Å². The Bertz CT molecular complexity index is 934. The fraction of sp³-hybridized carbons (Fsp3) is 0.263. The second kappa shape index (κ2) is 7.15. The number of methoxy groups -OCH3 is 1. The summed E-state index contributed by atoms with van der Waals surface area (Å²) in [5.41, 5.74) is 3.16. The molecule has 3 aromatic rings. The van der Waals surface area contributed by atoms with E-state index < -0.39 is 0 Å². The van der Waals surface area contributed by atoms with Crippen LogP contribution in [-0.4, -0.2) is 29.2 Å². The molecule has 0 bridgehead atoms. The van der Waals surface area contributed by atoms with Crippen LogP contribution in [0.25, 0.3) is 11.0 Å². The summed E-state index contributed by atoms with van der Waals surface area (Å²) < 4.78 is 12.3. The number of carbonyl (C=O) groups is 1. The van der Waals surface area contributed by atoms with Crippen LogP contribution in [0.1, 0.15) is 28.7 Å². The van der Waals surface area contributed by atoms with Gasteiger partial charge in [-0.3, -0.25) is 0 Å². The zero-order valence-corrected chi connectivity index (χ0v) is 15.1. The second-order valence-corrected chi connectivity index (χ2v) is 6.03. The number of aryl methyl sites for hydroxylation is 1. The number of halogens is 1. The molecule has 5 nitrogen and oxygen atoms in total. The highest BCUT2D eigenvalue weighted by Gasteiger charge is 2.14. The molecule has 0 aliphatic carbocycles. The number of benzene rings is 2. The van der Waals surface area contributed by atoms with Gasteiger partial charge in [-0.15, -0.1) is 0 Å². The molecular formula is C19H19ClN2O3. The number of ether oxygens (including phenoxy) is 2. The summed E-state index contributed by atoms with van der Waals surface area (Å²) in [5, 5.41) is 0.627. The Balaban J connectivity index is 2.02. The van der Waals surface area contributed by atoms with Crippen molar-refractivity contribution in [3.8, 4) is 5.75 Å².